The van der Waals surface area contributed by atoms with Crippen LogP contribution >= 0.6 is 0 Å². The molecule has 132 valence electrons. The van der Waals surface area contributed by atoms with Crippen LogP contribution in [0.5, 0.6) is 5.75 Å². The van der Waals surface area contributed by atoms with Crippen LogP contribution in [0.3, 0.4) is 0 Å². The van der Waals surface area contributed by atoms with Crippen molar-refractivity contribution in [3.05, 3.63) is 30.3 Å². The zero-order chi connectivity index (χ0) is 17.9. The number of para-hydroxylation sites is 1. The Labute approximate surface area is 138 Å². The van der Waals surface area contributed by atoms with Gasteiger partial charge in [-0.1, -0.05) is 12.1 Å². The largest absolute Gasteiger partial charge is 0.506 e. The van der Waals surface area contributed by atoms with Gasteiger partial charge in [-0.25, -0.2) is 4.98 Å². The number of benzene rings is 1. The molecule has 1 aromatic carbocycles. The van der Waals surface area contributed by atoms with Crippen LogP contribution in [0, 0.1) is 0 Å². The monoisotopic (exact) mass is 338 g/mol. The van der Waals surface area contributed by atoms with E-state index in [2.05, 4.69) is 4.98 Å². The van der Waals surface area contributed by atoms with Gasteiger partial charge in [0.2, 0.25) is 0 Å². The van der Waals surface area contributed by atoms with Crippen LogP contribution in [-0.2, 0) is 0 Å². The molecule has 0 fully saturated rings. The summed E-state index contributed by atoms with van der Waals surface area (Å²) in [5.41, 5.74) is 0.410. The standard InChI is InChI=1S/C16H22N2O6/c1-18(7-11(21)15(23)16(24)12(22)8-19)13-6-5-9-3-2-4-10(20)14(9)17-13/h2-6,11-12,15-16,19-24H,7-8H2,1H3. The van der Waals surface area contributed by atoms with Crippen molar-refractivity contribution in [3.63, 3.8) is 0 Å². The zero-order valence-electron chi connectivity index (χ0n) is 13.2. The van der Waals surface area contributed by atoms with E-state index in [-0.39, 0.29) is 12.3 Å². The fraction of sp³-hybridized carbons (Fsp3) is 0.438. The summed E-state index contributed by atoms with van der Waals surface area (Å²) in [7, 11) is 1.62. The molecule has 0 aliphatic carbocycles. The summed E-state index contributed by atoms with van der Waals surface area (Å²) in [6.45, 7) is -0.811. The maximum Gasteiger partial charge on any atom is 0.141 e. The molecular weight excluding hydrogens is 316 g/mol. The first kappa shape index (κ1) is 18.4. The van der Waals surface area contributed by atoms with E-state index in [1.807, 2.05) is 0 Å². The molecule has 0 bridgehead atoms. The number of aromatic nitrogens is 1. The molecule has 6 N–H and O–H groups in total. The lowest BCUT2D eigenvalue weighted by atomic mass is 10.0. The van der Waals surface area contributed by atoms with E-state index < -0.39 is 31.0 Å². The van der Waals surface area contributed by atoms with Gasteiger partial charge >= 0.3 is 0 Å². The highest BCUT2D eigenvalue weighted by atomic mass is 16.4. The minimum Gasteiger partial charge on any atom is -0.506 e. The summed E-state index contributed by atoms with van der Waals surface area (Å²) in [5.74, 6) is 0.484. The van der Waals surface area contributed by atoms with E-state index in [1.165, 1.54) is 11.0 Å². The zero-order valence-corrected chi connectivity index (χ0v) is 13.2. The second kappa shape index (κ2) is 7.73. The molecule has 0 amide bonds. The van der Waals surface area contributed by atoms with Gasteiger partial charge in [-0.2, -0.15) is 0 Å². The second-order valence-electron chi connectivity index (χ2n) is 5.70. The van der Waals surface area contributed by atoms with Crippen molar-refractivity contribution in [2.45, 2.75) is 24.4 Å². The van der Waals surface area contributed by atoms with Crippen molar-refractivity contribution in [2.24, 2.45) is 0 Å². The van der Waals surface area contributed by atoms with Crippen LogP contribution in [0.2, 0.25) is 0 Å². The Bertz CT molecular complexity index is 683. The van der Waals surface area contributed by atoms with Gasteiger partial charge in [0.15, 0.2) is 0 Å². The average molecular weight is 338 g/mol. The van der Waals surface area contributed by atoms with Crippen LogP contribution < -0.4 is 4.90 Å². The number of anilines is 1. The van der Waals surface area contributed by atoms with Gasteiger partial charge in [0.05, 0.1) is 12.7 Å². The van der Waals surface area contributed by atoms with Crippen LogP contribution in [0.15, 0.2) is 30.3 Å². The minimum absolute atomic E-state index is 0.0322. The number of phenols is 1. The average Bonchev–Trinajstić information content (AvgIpc) is 2.59. The molecule has 0 radical (unpaired) electrons. The molecule has 1 heterocycles. The van der Waals surface area contributed by atoms with Crippen molar-refractivity contribution in [1.82, 2.24) is 4.98 Å². The molecule has 0 aliphatic rings. The Balaban J connectivity index is 2.11. The van der Waals surface area contributed by atoms with Crippen molar-refractivity contribution < 1.29 is 30.6 Å². The number of fused-ring (bicyclic) bond motifs is 1. The van der Waals surface area contributed by atoms with Gasteiger partial charge in [0.25, 0.3) is 0 Å². The predicted molar refractivity (Wildman–Crippen MR) is 87.8 cm³/mol. The predicted octanol–water partition coefficient (Wildman–Crippen LogP) is -1.19. The van der Waals surface area contributed by atoms with Gasteiger partial charge in [0, 0.05) is 19.0 Å². The topological polar surface area (TPSA) is 138 Å². The molecule has 0 saturated heterocycles. The van der Waals surface area contributed by atoms with E-state index in [4.69, 9.17) is 5.11 Å². The highest BCUT2D eigenvalue weighted by molar-refractivity contribution is 5.85. The van der Waals surface area contributed by atoms with Gasteiger partial charge < -0.3 is 35.5 Å². The Hall–Kier alpha value is -1.97. The number of aromatic hydroxyl groups is 1. The minimum atomic E-state index is -1.67. The number of nitrogens with zero attached hydrogens (tertiary/aromatic N) is 2. The van der Waals surface area contributed by atoms with Crippen molar-refractivity contribution >= 4 is 16.7 Å². The summed E-state index contributed by atoms with van der Waals surface area (Å²) in [5, 5.41) is 58.2. The number of hydrogen-bond acceptors (Lipinski definition) is 8. The highest BCUT2D eigenvalue weighted by Gasteiger charge is 2.30. The number of likely N-dealkylation sites (N-methyl/N-ethyl adjacent to an activating group) is 1. The van der Waals surface area contributed by atoms with Gasteiger partial charge in [-0.15, -0.1) is 0 Å². The number of phenolic OH excluding ortho intramolecular Hbond substituents is 1. The Kier molecular flexibility index (Phi) is 5.92. The SMILES string of the molecule is CN(CC(O)C(O)C(O)C(O)CO)c1ccc2cccc(O)c2n1. The molecular formula is C16H22N2O6. The Morgan fingerprint density at radius 2 is 1.67 bits per heavy atom. The number of rotatable bonds is 7. The first-order valence-electron chi connectivity index (χ1n) is 7.48. The summed E-state index contributed by atoms with van der Waals surface area (Å²) < 4.78 is 0. The van der Waals surface area contributed by atoms with Gasteiger partial charge in [0.1, 0.15) is 35.4 Å². The summed E-state index contributed by atoms with van der Waals surface area (Å²) in [6, 6.07) is 8.49. The lowest BCUT2D eigenvalue weighted by Crippen LogP contribution is -2.49. The van der Waals surface area contributed by atoms with Crippen LogP contribution in [0.1, 0.15) is 0 Å². The van der Waals surface area contributed by atoms with E-state index >= 15 is 0 Å². The fourth-order valence-corrected chi connectivity index (χ4v) is 2.38. The van der Waals surface area contributed by atoms with Gasteiger partial charge in [-0.3, -0.25) is 0 Å². The molecule has 8 nitrogen and oxygen atoms in total. The quantitative estimate of drug-likeness (QED) is 0.371. The summed E-state index contributed by atoms with van der Waals surface area (Å²) >= 11 is 0. The van der Waals surface area contributed by atoms with Crippen LogP contribution in [0.25, 0.3) is 10.9 Å². The molecule has 2 aromatic rings. The lowest BCUT2D eigenvalue weighted by molar-refractivity contribution is -0.112. The smallest absolute Gasteiger partial charge is 0.141 e. The number of pyridine rings is 1. The molecule has 0 aliphatic heterocycles. The molecule has 4 atom stereocenters. The number of aliphatic hydroxyl groups is 5. The Morgan fingerprint density at radius 1 is 1.00 bits per heavy atom. The normalized spacial score (nSPS) is 16.6. The molecule has 24 heavy (non-hydrogen) atoms. The first-order chi connectivity index (χ1) is 11.3. The highest BCUT2D eigenvalue weighted by Crippen LogP contribution is 2.25. The van der Waals surface area contributed by atoms with Crippen molar-refractivity contribution in [1.29, 1.82) is 0 Å². The fourth-order valence-electron chi connectivity index (χ4n) is 2.38. The van der Waals surface area contributed by atoms with Crippen molar-refractivity contribution in [2.75, 3.05) is 25.1 Å². The van der Waals surface area contributed by atoms with E-state index in [0.29, 0.717) is 11.3 Å². The summed E-state index contributed by atoms with van der Waals surface area (Å²) in [4.78, 5) is 5.85. The van der Waals surface area contributed by atoms with E-state index in [0.717, 1.165) is 5.39 Å². The van der Waals surface area contributed by atoms with Gasteiger partial charge in [-0.05, 0) is 18.2 Å². The maximum absolute atomic E-state index is 10.0. The molecule has 4 unspecified atom stereocenters. The Morgan fingerprint density at radius 3 is 2.33 bits per heavy atom. The molecule has 2 rings (SSSR count). The third kappa shape index (κ3) is 3.92. The lowest BCUT2D eigenvalue weighted by Gasteiger charge is -2.29. The van der Waals surface area contributed by atoms with Crippen LogP contribution in [-0.4, -0.2) is 80.2 Å². The second-order valence-corrected chi connectivity index (χ2v) is 5.70. The van der Waals surface area contributed by atoms with Crippen LogP contribution in [0.4, 0.5) is 5.82 Å². The van der Waals surface area contributed by atoms with Crippen molar-refractivity contribution in [3.8, 4) is 5.75 Å². The number of aliphatic hydroxyl groups excluding tert-OH is 5. The molecule has 0 saturated carbocycles. The first-order valence-corrected chi connectivity index (χ1v) is 7.48. The number of hydrogen-bond donors (Lipinski definition) is 6. The molecule has 8 heteroatoms. The van der Waals surface area contributed by atoms with E-state index in [9.17, 15) is 25.5 Å². The molecule has 0 spiro atoms. The third-order valence-electron chi connectivity index (χ3n) is 3.86. The maximum atomic E-state index is 10.0. The third-order valence-corrected chi connectivity index (χ3v) is 3.86. The summed E-state index contributed by atoms with van der Waals surface area (Å²) in [6.07, 6.45) is -6.24. The molecule has 1 aromatic heterocycles. The van der Waals surface area contributed by atoms with E-state index in [1.54, 1.807) is 31.3 Å².